The maximum absolute atomic E-state index is 12.5. The standard InChI is InChI=1S/C26H24ClN5O2/c1-29-21-15-17(9-12-20(21)27)22-13-14-30-26-23(25(28)33)24(31-32(22)26)16-7-10-19(11-8-16)34-18-5-3-2-4-6-18/h2-12,15,22,29-30H,13-14H2,1H3,(H2,28,33). The lowest BCUT2D eigenvalue weighted by Gasteiger charge is -2.27. The van der Waals surface area contributed by atoms with Gasteiger partial charge in [0, 0.05) is 19.2 Å². The van der Waals surface area contributed by atoms with E-state index < -0.39 is 5.91 Å². The number of aromatic nitrogens is 2. The van der Waals surface area contributed by atoms with Gasteiger partial charge in [0.05, 0.1) is 16.8 Å². The van der Waals surface area contributed by atoms with E-state index in [1.54, 1.807) is 0 Å². The summed E-state index contributed by atoms with van der Waals surface area (Å²) >= 11 is 6.28. The molecule has 1 unspecified atom stereocenters. The van der Waals surface area contributed by atoms with E-state index in [9.17, 15) is 4.79 Å². The van der Waals surface area contributed by atoms with Crippen LogP contribution >= 0.6 is 11.6 Å². The van der Waals surface area contributed by atoms with Gasteiger partial charge in [-0.15, -0.1) is 0 Å². The Kier molecular flexibility index (Phi) is 5.86. The van der Waals surface area contributed by atoms with Crippen LogP contribution in [0.3, 0.4) is 0 Å². The molecule has 1 aliphatic heterocycles. The Labute approximate surface area is 202 Å². The van der Waals surface area contributed by atoms with Crippen molar-refractivity contribution in [2.75, 3.05) is 24.2 Å². The summed E-state index contributed by atoms with van der Waals surface area (Å²) in [5.74, 6) is 1.54. The number of hydrogen-bond acceptors (Lipinski definition) is 5. The SMILES string of the molecule is CNc1cc(C2CCNc3c(C(N)=O)c(-c4ccc(Oc5ccccc5)cc4)nn32)ccc1Cl. The van der Waals surface area contributed by atoms with Crippen LogP contribution in [-0.2, 0) is 0 Å². The zero-order valence-electron chi connectivity index (χ0n) is 18.6. The number of nitrogens with zero attached hydrogens (tertiary/aromatic N) is 2. The first-order valence-electron chi connectivity index (χ1n) is 11.0. The third-order valence-electron chi connectivity index (χ3n) is 5.91. The molecule has 1 atom stereocenters. The zero-order valence-corrected chi connectivity index (χ0v) is 19.3. The molecule has 0 saturated heterocycles. The number of nitrogens with two attached hydrogens (primary N) is 1. The van der Waals surface area contributed by atoms with Gasteiger partial charge in [0.25, 0.3) is 5.91 Å². The van der Waals surface area contributed by atoms with Crippen LogP contribution in [0.1, 0.15) is 28.4 Å². The molecular weight excluding hydrogens is 450 g/mol. The topological polar surface area (TPSA) is 94.2 Å². The van der Waals surface area contributed by atoms with Gasteiger partial charge in [-0.2, -0.15) is 5.10 Å². The van der Waals surface area contributed by atoms with Crippen LogP contribution in [0.4, 0.5) is 11.5 Å². The second-order valence-electron chi connectivity index (χ2n) is 8.04. The van der Waals surface area contributed by atoms with Crippen molar-refractivity contribution < 1.29 is 9.53 Å². The van der Waals surface area contributed by atoms with Crippen molar-refractivity contribution in [3.63, 3.8) is 0 Å². The molecule has 0 bridgehead atoms. The molecule has 1 amide bonds. The number of carbonyl (C=O) groups is 1. The van der Waals surface area contributed by atoms with Crippen LogP contribution in [0.15, 0.2) is 72.8 Å². The number of amides is 1. The van der Waals surface area contributed by atoms with Crippen molar-refractivity contribution in [2.24, 2.45) is 5.73 Å². The molecule has 0 spiro atoms. The minimum absolute atomic E-state index is 0.0619. The van der Waals surface area contributed by atoms with Crippen LogP contribution in [0.5, 0.6) is 11.5 Å². The molecule has 4 aromatic rings. The van der Waals surface area contributed by atoms with Gasteiger partial charge < -0.3 is 21.1 Å². The van der Waals surface area contributed by atoms with E-state index in [0.29, 0.717) is 34.4 Å². The number of nitrogens with one attached hydrogen (secondary N) is 2. The highest BCUT2D eigenvalue weighted by molar-refractivity contribution is 6.33. The molecule has 7 nitrogen and oxygen atoms in total. The van der Waals surface area contributed by atoms with Crippen LogP contribution in [0.25, 0.3) is 11.3 Å². The van der Waals surface area contributed by atoms with Gasteiger partial charge in [0.15, 0.2) is 0 Å². The van der Waals surface area contributed by atoms with E-state index in [-0.39, 0.29) is 6.04 Å². The van der Waals surface area contributed by atoms with Gasteiger partial charge in [0.2, 0.25) is 0 Å². The van der Waals surface area contributed by atoms with E-state index in [1.165, 1.54) is 0 Å². The highest BCUT2D eigenvalue weighted by Gasteiger charge is 2.30. The second kappa shape index (κ2) is 9.11. The molecule has 0 radical (unpaired) electrons. The fourth-order valence-corrected chi connectivity index (χ4v) is 4.48. The Hall–Kier alpha value is -3.97. The summed E-state index contributed by atoms with van der Waals surface area (Å²) in [4.78, 5) is 12.5. The first-order valence-corrected chi connectivity index (χ1v) is 11.4. The molecule has 4 N–H and O–H groups in total. The van der Waals surface area contributed by atoms with Crippen molar-refractivity contribution in [1.82, 2.24) is 9.78 Å². The minimum atomic E-state index is -0.527. The molecule has 1 aromatic heterocycles. The molecule has 3 aromatic carbocycles. The maximum atomic E-state index is 12.5. The molecule has 34 heavy (non-hydrogen) atoms. The van der Waals surface area contributed by atoms with Crippen molar-refractivity contribution in [1.29, 1.82) is 0 Å². The molecule has 0 saturated carbocycles. The average molecular weight is 474 g/mol. The normalized spacial score (nSPS) is 14.7. The highest BCUT2D eigenvalue weighted by atomic mass is 35.5. The smallest absolute Gasteiger partial charge is 0.254 e. The molecule has 0 fully saturated rings. The number of rotatable bonds is 6. The minimum Gasteiger partial charge on any atom is -0.457 e. The molecular formula is C26H24ClN5O2. The largest absolute Gasteiger partial charge is 0.457 e. The van der Waals surface area contributed by atoms with Crippen molar-refractivity contribution in [2.45, 2.75) is 12.5 Å². The quantitative estimate of drug-likeness (QED) is 0.341. The second-order valence-corrected chi connectivity index (χ2v) is 8.45. The van der Waals surface area contributed by atoms with Gasteiger partial charge in [-0.3, -0.25) is 4.79 Å². The molecule has 0 aliphatic carbocycles. The monoisotopic (exact) mass is 473 g/mol. The van der Waals surface area contributed by atoms with Crippen LogP contribution in [0, 0.1) is 0 Å². The molecule has 5 rings (SSSR count). The predicted molar refractivity (Wildman–Crippen MR) is 135 cm³/mol. The van der Waals surface area contributed by atoms with Crippen LogP contribution in [-0.4, -0.2) is 29.3 Å². The van der Waals surface area contributed by atoms with E-state index in [4.69, 9.17) is 27.2 Å². The van der Waals surface area contributed by atoms with E-state index >= 15 is 0 Å². The molecule has 2 heterocycles. The number of para-hydroxylation sites is 1. The van der Waals surface area contributed by atoms with Gasteiger partial charge >= 0.3 is 0 Å². The summed E-state index contributed by atoms with van der Waals surface area (Å²) in [7, 11) is 1.83. The van der Waals surface area contributed by atoms with E-state index in [1.807, 2.05) is 84.5 Å². The lowest BCUT2D eigenvalue weighted by Crippen LogP contribution is -2.26. The summed E-state index contributed by atoms with van der Waals surface area (Å²) in [5.41, 5.74) is 9.41. The molecule has 172 valence electrons. The number of hydrogen-bond donors (Lipinski definition) is 3. The lowest BCUT2D eigenvalue weighted by molar-refractivity contribution is 0.100. The number of primary amides is 1. The molecule has 8 heteroatoms. The number of anilines is 2. The summed E-state index contributed by atoms with van der Waals surface area (Å²) in [6, 6.07) is 22.9. The zero-order chi connectivity index (χ0) is 23.7. The van der Waals surface area contributed by atoms with Crippen molar-refractivity contribution >= 4 is 29.0 Å². The van der Waals surface area contributed by atoms with Crippen molar-refractivity contribution in [3.8, 4) is 22.8 Å². The fourth-order valence-electron chi connectivity index (χ4n) is 4.27. The van der Waals surface area contributed by atoms with Crippen molar-refractivity contribution in [3.05, 3.63) is 88.9 Å². The summed E-state index contributed by atoms with van der Waals surface area (Å²) < 4.78 is 7.75. The number of benzene rings is 3. The van der Waals surface area contributed by atoms with Gasteiger partial charge in [-0.05, 0) is 60.5 Å². The first kappa shape index (κ1) is 21.9. The van der Waals surface area contributed by atoms with Crippen LogP contribution in [0.2, 0.25) is 5.02 Å². The average Bonchev–Trinajstić information content (AvgIpc) is 3.26. The maximum Gasteiger partial charge on any atom is 0.254 e. The summed E-state index contributed by atoms with van der Waals surface area (Å²) in [5, 5.41) is 11.9. The van der Waals surface area contributed by atoms with Gasteiger partial charge in [-0.25, -0.2) is 4.68 Å². The number of halogens is 1. The Morgan fingerprint density at radius 1 is 1.12 bits per heavy atom. The van der Waals surface area contributed by atoms with E-state index in [0.717, 1.165) is 29.0 Å². The highest BCUT2D eigenvalue weighted by Crippen LogP contribution is 2.38. The number of ether oxygens (including phenoxy) is 1. The first-order chi connectivity index (χ1) is 16.5. The third-order valence-corrected chi connectivity index (χ3v) is 6.24. The Balaban J connectivity index is 1.53. The Bertz CT molecular complexity index is 1340. The predicted octanol–water partition coefficient (Wildman–Crippen LogP) is 5.54. The van der Waals surface area contributed by atoms with Crippen LogP contribution < -0.4 is 21.1 Å². The Morgan fingerprint density at radius 2 is 1.85 bits per heavy atom. The fraction of sp³-hybridized carbons (Fsp3) is 0.154. The lowest BCUT2D eigenvalue weighted by atomic mass is 10.0. The van der Waals surface area contributed by atoms with E-state index in [2.05, 4.69) is 10.6 Å². The Morgan fingerprint density at radius 3 is 2.56 bits per heavy atom. The third kappa shape index (κ3) is 4.06. The molecule has 1 aliphatic rings. The summed E-state index contributed by atoms with van der Waals surface area (Å²) in [6.45, 7) is 0.692. The van der Waals surface area contributed by atoms with Gasteiger partial charge in [-0.1, -0.05) is 35.9 Å². The summed E-state index contributed by atoms with van der Waals surface area (Å²) in [6.07, 6.45) is 0.807. The van der Waals surface area contributed by atoms with Gasteiger partial charge in [0.1, 0.15) is 28.6 Å². The number of carbonyl (C=O) groups excluding carboxylic acids is 1. The number of fused-ring (bicyclic) bond motifs is 1.